The zero-order valence-electron chi connectivity index (χ0n) is 10.6. The van der Waals surface area contributed by atoms with Crippen molar-refractivity contribution in [2.75, 3.05) is 13.7 Å². The van der Waals surface area contributed by atoms with Gasteiger partial charge in [0.15, 0.2) is 0 Å². The molecule has 1 aliphatic heterocycles. The molecule has 7 nitrogen and oxygen atoms in total. The highest BCUT2D eigenvalue weighted by atomic mass is 16.5. The van der Waals surface area contributed by atoms with Crippen molar-refractivity contribution >= 4 is 11.9 Å². The van der Waals surface area contributed by atoms with E-state index in [4.69, 9.17) is 4.74 Å². The minimum absolute atomic E-state index is 0.121. The van der Waals surface area contributed by atoms with Crippen LogP contribution in [0.2, 0.25) is 0 Å². The molecular weight excluding hydrogens is 250 g/mol. The summed E-state index contributed by atoms with van der Waals surface area (Å²) in [6.45, 7) is 0.486. The van der Waals surface area contributed by atoms with Crippen LogP contribution < -0.4 is 5.56 Å². The molecule has 1 saturated heterocycles. The van der Waals surface area contributed by atoms with Crippen LogP contribution in [0.4, 0.5) is 0 Å². The second-order valence-electron chi connectivity index (χ2n) is 4.33. The van der Waals surface area contributed by atoms with E-state index in [1.54, 1.807) is 0 Å². The molecule has 7 heteroatoms. The molecule has 1 amide bonds. The van der Waals surface area contributed by atoms with Crippen molar-refractivity contribution in [1.82, 2.24) is 14.9 Å². The number of rotatable bonds is 2. The van der Waals surface area contributed by atoms with Gasteiger partial charge in [0.25, 0.3) is 11.5 Å². The van der Waals surface area contributed by atoms with Crippen LogP contribution >= 0.6 is 0 Å². The van der Waals surface area contributed by atoms with Crippen molar-refractivity contribution in [2.24, 2.45) is 0 Å². The van der Waals surface area contributed by atoms with E-state index in [1.807, 2.05) is 0 Å². The number of piperidine rings is 1. The molecule has 1 atom stereocenters. The van der Waals surface area contributed by atoms with E-state index in [-0.39, 0.29) is 17.2 Å². The molecule has 1 aliphatic rings. The van der Waals surface area contributed by atoms with Crippen molar-refractivity contribution in [3.63, 3.8) is 0 Å². The number of esters is 1. The lowest BCUT2D eigenvalue weighted by Gasteiger charge is -2.33. The molecule has 0 radical (unpaired) electrons. The number of likely N-dealkylation sites (tertiary alicyclic amines) is 1. The summed E-state index contributed by atoms with van der Waals surface area (Å²) in [6.07, 6.45) is 4.60. The Bertz CT molecular complexity index is 520. The largest absolute Gasteiger partial charge is 0.467 e. The highest BCUT2D eigenvalue weighted by molar-refractivity contribution is 5.95. The Morgan fingerprint density at radius 3 is 2.89 bits per heavy atom. The Hall–Kier alpha value is -2.18. The van der Waals surface area contributed by atoms with Gasteiger partial charge in [-0.2, -0.15) is 0 Å². The maximum atomic E-state index is 12.3. The summed E-state index contributed by atoms with van der Waals surface area (Å²) < 4.78 is 4.71. The van der Waals surface area contributed by atoms with Gasteiger partial charge in [0.1, 0.15) is 11.7 Å². The lowest BCUT2D eigenvalue weighted by atomic mass is 10.0. The first-order chi connectivity index (χ1) is 9.13. The maximum absolute atomic E-state index is 12.3. The van der Waals surface area contributed by atoms with Gasteiger partial charge in [-0.1, -0.05) is 0 Å². The number of carbonyl (C=O) groups is 2. The molecule has 1 aromatic rings. The van der Waals surface area contributed by atoms with Crippen molar-refractivity contribution in [3.05, 3.63) is 28.4 Å². The van der Waals surface area contributed by atoms with Crippen LogP contribution in [0.3, 0.4) is 0 Å². The van der Waals surface area contributed by atoms with Crippen LogP contribution in [0.1, 0.15) is 29.8 Å². The molecule has 1 fully saturated rings. The minimum Gasteiger partial charge on any atom is -0.467 e. The zero-order valence-corrected chi connectivity index (χ0v) is 10.6. The molecule has 2 rings (SSSR count). The first-order valence-corrected chi connectivity index (χ1v) is 6.07. The molecule has 2 heterocycles. The summed E-state index contributed by atoms with van der Waals surface area (Å²) in [5.74, 6) is -0.788. The Balaban J connectivity index is 2.22. The topological polar surface area (TPSA) is 92.4 Å². The van der Waals surface area contributed by atoms with Crippen LogP contribution in [0.5, 0.6) is 0 Å². The molecule has 19 heavy (non-hydrogen) atoms. The zero-order chi connectivity index (χ0) is 13.8. The fourth-order valence-electron chi connectivity index (χ4n) is 2.16. The minimum atomic E-state index is -0.569. The van der Waals surface area contributed by atoms with Crippen molar-refractivity contribution < 1.29 is 14.3 Å². The molecule has 0 aliphatic carbocycles. The maximum Gasteiger partial charge on any atom is 0.328 e. The van der Waals surface area contributed by atoms with Gasteiger partial charge < -0.3 is 14.6 Å². The van der Waals surface area contributed by atoms with Crippen molar-refractivity contribution in [1.29, 1.82) is 0 Å². The number of hydrogen-bond acceptors (Lipinski definition) is 5. The van der Waals surface area contributed by atoms with Crippen LogP contribution in [0.15, 0.2) is 17.2 Å². The molecule has 0 spiro atoms. The summed E-state index contributed by atoms with van der Waals surface area (Å²) in [4.78, 5) is 42.5. The predicted molar refractivity (Wildman–Crippen MR) is 65.5 cm³/mol. The third-order valence-corrected chi connectivity index (χ3v) is 3.13. The number of nitrogens with one attached hydrogen (secondary N) is 1. The summed E-state index contributed by atoms with van der Waals surface area (Å²) in [6, 6.07) is -0.569. The number of methoxy groups -OCH3 is 1. The number of ether oxygens (including phenoxy) is 1. The summed E-state index contributed by atoms with van der Waals surface area (Å²) in [5, 5.41) is 0. The Labute approximate surface area is 109 Å². The van der Waals surface area contributed by atoms with Gasteiger partial charge in [-0.15, -0.1) is 0 Å². The average Bonchev–Trinajstić information content (AvgIpc) is 2.46. The monoisotopic (exact) mass is 265 g/mol. The number of H-pyrrole nitrogens is 1. The van der Waals surface area contributed by atoms with Crippen LogP contribution in [-0.4, -0.2) is 46.4 Å². The summed E-state index contributed by atoms with van der Waals surface area (Å²) in [5.41, 5.74) is -0.255. The first kappa shape index (κ1) is 13.3. The summed E-state index contributed by atoms with van der Waals surface area (Å²) >= 11 is 0. The van der Waals surface area contributed by atoms with Crippen LogP contribution in [-0.2, 0) is 9.53 Å². The van der Waals surface area contributed by atoms with Gasteiger partial charge in [0.05, 0.1) is 13.3 Å². The molecule has 102 valence electrons. The van der Waals surface area contributed by atoms with Gasteiger partial charge >= 0.3 is 5.97 Å². The predicted octanol–water partition coefficient (Wildman–Crippen LogP) is -0.0624. The molecule has 0 saturated carbocycles. The third-order valence-electron chi connectivity index (χ3n) is 3.13. The SMILES string of the molecule is COC(=O)[C@H]1CCCCN1C(=O)c1c[nH]c(=O)cn1. The molecule has 0 unspecified atom stereocenters. The lowest BCUT2D eigenvalue weighted by molar-refractivity contribution is -0.147. The molecule has 0 aromatic carbocycles. The first-order valence-electron chi connectivity index (χ1n) is 6.07. The molecular formula is C12H15N3O4. The van der Waals surface area contributed by atoms with Crippen LogP contribution in [0.25, 0.3) is 0 Å². The fraction of sp³-hybridized carbons (Fsp3) is 0.500. The molecule has 0 bridgehead atoms. The van der Waals surface area contributed by atoms with Crippen molar-refractivity contribution in [2.45, 2.75) is 25.3 Å². The smallest absolute Gasteiger partial charge is 0.328 e. The van der Waals surface area contributed by atoms with Crippen LogP contribution in [0, 0.1) is 0 Å². The van der Waals surface area contributed by atoms with E-state index in [9.17, 15) is 14.4 Å². The Morgan fingerprint density at radius 1 is 1.47 bits per heavy atom. The van der Waals surface area contributed by atoms with E-state index >= 15 is 0 Å². The van der Waals surface area contributed by atoms with E-state index in [2.05, 4.69) is 9.97 Å². The third kappa shape index (κ3) is 2.81. The standard InChI is InChI=1S/C12H15N3O4/c1-19-12(18)9-4-2-3-5-15(9)11(17)8-6-14-10(16)7-13-8/h6-7,9H,2-5H2,1H3,(H,14,16)/t9-/m1/s1. The lowest BCUT2D eigenvalue weighted by Crippen LogP contribution is -2.48. The van der Waals surface area contributed by atoms with Gasteiger partial charge in [0.2, 0.25) is 0 Å². The average molecular weight is 265 g/mol. The van der Waals surface area contributed by atoms with E-state index in [1.165, 1.54) is 18.2 Å². The van der Waals surface area contributed by atoms with Gasteiger partial charge in [0, 0.05) is 12.7 Å². The number of aromatic amines is 1. The van der Waals surface area contributed by atoms with E-state index < -0.39 is 12.0 Å². The Kier molecular flexibility index (Phi) is 3.94. The normalized spacial score (nSPS) is 19.0. The number of nitrogens with zero attached hydrogens (tertiary/aromatic N) is 2. The highest BCUT2D eigenvalue weighted by Gasteiger charge is 2.33. The van der Waals surface area contributed by atoms with Crippen molar-refractivity contribution in [3.8, 4) is 0 Å². The molecule has 1 N–H and O–H groups in total. The van der Waals surface area contributed by atoms with Gasteiger partial charge in [-0.05, 0) is 19.3 Å². The number of hydrogen-bond donors (Lipinski definition) is 1. The van der Waals surface area contributed by atoms with E-state index in [0.29, 0.717) is 13.0 Å². The van der Waals surface area contributed by atoms with E-state index in [0.717, 1.165) is 19.0 Å². The second kappa shape index (κ2) is 5.64. The summed E-state index contributed by atoms with van der Waals surface area (Å²) in [7, 11) is 1.30. The van der Waals surface area contributed by atoms with Gasteiger partial charge in [-0.3, -0.25) is 9.59 Å². The Morgan fingerprint density at radius 2 is 2.26 bits per heavy atom. The number of carbonyl (C=O) groups excluding carboxylic acids is 2. The molecule has 1 aromatic heterocycles. The van der Waals surface area contributed by atoms with Gasteiger partial charge in [-0.25, -0.2) is 9.78 Å². The fourth-order valence-corrected chi connectivity index (χ4v) is 2.16. The number of amides is 1. The number of aromatic nitrogens is 2. The quantitative estimate of drug-likeness (QED) is 0.756. The second-order valence-corrected chi connectivity index (χ2v) is 4.33. The highest BCUT2D eigenvalue weighted by Crippen LogP contribution is 2.19.